The molecule has 3 aromatic carbocycles. The highest BCUT2D eigenvalue weighted by Crippen LogP contribution is 2.65. The maximum Gasteiger partial charge on any atom is 0.264 e. The Morgan fingerprint density at radius 1 is 1.05 bits per heavy atom. The van der Waals surface area contributed by atoms with Crippen LogP contribution in [-0.2, 0) is 22.5 Å². The molecular formula is C29H27FN6O3S. The molecule has 1 aliphatic heterocycles. The molecule has 2 aromatic heterocycles. The number of nitrogens with zero attached hydrogens (tertiary/aromatic N) is 6. The standard InChI is InChI=1S/C29H27FN6O3S/c1-19-12-27-20(14-32-36(27)22-10-8-21(30)9-11-22)13-24(19)29-18-35(40(37,38)28-15-31-34(2)33-28)16-25(29)26(29)17-39-23-6-4-3-5-7-23/h3-15,25-26H,16-18H2,1-2H3/t25-,26-,29+/m0/s1. The van der Waals surface area contributed by atoms with Gasteiger partial charge in [-0.05, 0) is 72.5 Å². The summed E-state index contributed by atoms with van der Waals surface area (Å²) in [6, 6.07) is 20.1. The van der Waals surface area contributed by atoms with Gasteiger partial charge < -0.3 is 4.74 Å². The number of hydrogen-bond acceptors (Lipinski definition) is 6. The first-order valence-electron chi connectivity index (χ1n) is 13.1. The molecule has 9 nitrogen and oxygen atoms in total. The fourth-order valence-corrected chi connectivity index (χ4v) is 7.79. The van der Waals surface area contributed by atoms with E-state index in [0.717, 1.165) is 33.5 Å². The second kappa shape index (κ2) is 8.97. The number of hydrogen-bond donors (Lipinski definition) is 0. The maximum absolute atomic E-state index is 13.5. The van der Waals surface area contributed by atoms with Crippen LogP contribution in [0.1, 0.15) is 11.1 Å². The van der Waals surface area contributed by atoms with Gasteiger partial charge in [0.1, 0.15) is 11.6 Å². The van der Waals surface area contributed by atoms with E-state index in [1.54, 1.807) is 30.1 Å². The number of fused-ring (bicyclic) bond motifs is 2. The normalized spacial score (nSPS) is 22.5. The number of aromatic nitrogens is 5. The first-order valence-corrected chi connectivity index (χ1v) is 14.5. The molecule has 5 aromatic rings. The molecule has 7 rings (SSSR count). The van der Waals surface area contributed by atoms with E-state index in [0.29, 0.717) is 19.7 Å². The number of sulfonamides is 1. The zero-order valence-electron chi connectivity index (χ0n) is 22.0. The molecule has 204 valence electrons. The molecular weight excluding hydrogens is 531 g/mol. The van der Waals surface area contributed by atoms with E-state index < -0.39 is 15.4 Å². The van der Waals surface area contributed by atoms with E-state index in [1.807, 2.05) is 30.3 Å². The van der Waals surface area contributed by atoms with Crippen LogP contribution in [0.15, 0.2) is 84.1 Å². The zero-order valence-corrected chi connectivity index (χ0v) is 22.8. The van der Waals surface area contributed by atoms with E-state index in [-0.39, 0.29) is 22.7 Å². The fourth-order valence-electron chi connectivity index (χ4n) is 6.39. The molecule has 0 radical (unpaired) electrons. The quantitative estimate of drug-likeness (QED) is 0.301. The van der Waals surface area contributed by atoms with Gasteiger partial charge in [0.2, 0.25) is 5.03 Å². The summed E-state index contributed by atoms with van der Waals surface area (Å²) < 4.78 is 50.0. The molecule has 0 amide bonds. The van der Waals surface area contributed by atoms with E-state index in [9.17, 15) is 12.8 Å². The number of ether oxygens (including phenoxy) is 1. The lowest BCUT2D eigenvalue weighted by molar-refractivity contribution is 0.261. The lowest BCUT2D eigenvalue weighted by Gasteiger charge is -2.24. The van der Waals surface area contributed by atoms with Crippen molar-refractivity contribution < 1.29 is 17.5 Å². The van der Waals surface area contributed by atoms with Crippen LogP contribution in [0.25, 0.3) is 16.6 Å². The second-order valence-corrected chi connectivity index (χ2v) is 12.5. The summed E-state index contributed by atoms with van der Waals surface area (Å²) in [6.45, 7) is 3.25. The molecule has 40 heavy (non-hydrogen) atoms. The zero-order chi connectivity index (χ0) is 27.6. The van der Waals surface area contributed by atoms with Gasteiger partial charge in [-0.15, -0.1) is 5.10 Å². The van der Waals surface area contributed by atoms with Crippen molar-refractivity contribution >= 4 is 20.9 Å². The highest BCUT2D eigenvalue weighted by atomic mass is 32.2. The summed E-state index contributed by atoms with van der Waals surface area (Å²) in [5, 5.41) is 13.5. The summed E-state index contributed by atoms with van der Waals surface area (Å²) in [5.41, 5.74) is 3.41. The summed E-state index contributed by atoms with van der Waals surface area (Å²) in [7, 11) is -2.20. The monoisotopic (exact) mass is 558 g/mol. The lowest BCUT2D eigenvalue weighted by Crippen LogP contribution is -2.36. The van der Waals surface area contributed by atoms with Crippen LogP contribution in [0.3, 0.4) is 0 Å². The number of piperidine rings is 1. The number of aryl methyl sites for hydroxylation is 2. The first-order chi connectivity index (χ1) is 19.3. The van der Waals surface area contributed by atoms with E-state index in [2.05, 4.69) is 34.4 Å². The first kappa shape index (κ1) is 24.9. The highest BCUT2D eigenvalue weighted by molar-refractivity contribution is 7.89. The van der Waals surface area contributed by atoms with Crippen molar-refractivity contribution in [2.24, 2.45) is 18.9 Å². The second-order valence-electron chi connectivity index (χ2n) is 10.6. The van der Waals surface area contributed by atoms with Crippen molar-refractivity contribution in [3.8, 4) is 11.4 Å². The Morgan fingerprint density at radius 2 is 1.82 bits per heavy atom. The van der Waals surface area contributed by atoms with Crippen LogP contribution in [-0.4, -0.2) is 57.2 Å². The maximum atomic E-state index is 13.5. The highest BCUT2D eigenvalue weighted by Gasteiger charge is 2.71. The van der Waals surface area contributed by atoms with E-state index in [4.69, 9.17) is 4.74 Å². The molecule has 3 heterocycles. The molecule has 0 bridgehead atoms. The molecule has 0 N–H and O–H groups in total. The minimum absolute atomic E-state index is 0.0451. The molecule has 1 saturated carbocycles. The number of para-hydroxylation sites is 1. The van der Waals surface area contributed by atoms with Gasteiger partial charge in [-0.2, -0.15) is 19.3 Å². The Balaban J connectivity index is 1.26. The predicted molar refractivity (Wildman–Crippen MR) is 146 cm³/mol. The van der Waals surface area contributed by atoms with Gasteiger partial charge in [-0.1, -0.05) is 18.2 Å². The molecule has 1 saturated heterocycles. The molecule has 2 aliphatic rings. The largest absolute Gasteiger partial charge is 0.493 e. The molecule has 3 atom stereocenters. The molecule has 0 spiro atoms. The van der Waals surface area contributed by atoms with E-state index in [1.165, 1.54) is 27.4 Å². The Morgan fingerprint density at radius 3 is 2.55 bits per heavy atom. The number of halogens is 1. The SMILES string of the molecule is Cc1cc2c(cnn2-c2ccc(F)cc2)cc1[C@]12CN(S(=O)(=O)c3cnn(C)n3)C[C@H]1[C@@H]2COc1ccccc1. The summed E-state index contributed by atoms with van der Waals surface area (Å²) in [6.07, 6.45) is 3.09. The summed E-state index contributed by atoms with van der Waals surface area (Å²) in [4.78, 5) is 1.26. The van der Waals surface area contributed by atoms with Gasteiger partial charge >= 0.3 is 0 Å². The van der Waals surface area contributed by atoms with Gasteiger partial charge in [0.15, 0.2) is 0 Å². The molecule has 2 fully saturated rings. The smallest absolute Gasteiger partial charge is 0.264 e. The average molecular weight is 559 g/mol. The van der Waals surface area contributed by atoms with Crippen molar-refractivity contribution in [3.05, 3.63) is 96.1 Å². The van der Waals surface area contributed by atoms with Crippen LogP contribution in [0.4, 0.5) is 4.39 Å². The average Bonchev–Trinajstić information content (AvgIpc) is 3.40. The number of benzene rings is 3. The minimum Gasteiger partial charge on any atom is -0.493 e. The van der Waals surface area contributed by atoms with Crippen molar-refractivity contribution in [3.63, 3.8) is 0 Å². The Hall–Kier alpha value is -4.09. The van der Waals surface area contributed by atoms with Crippen LogP contribution < -0.4 is 4.74 Å². The Kier molecular flexibility index (Phi) is 5.59. The van der Waals surface area contributed by atoms with Crippen LogP contribution >= 0.6 is 0 Å². The molecule has 1 aliphatic carbocycles. The number of rotatable bonds is 7. The minimum atomic E-state index is -3.80. The summed E-state index contributed by atoms with van der Waals surface area (Å²) in [5.74, 6) is 0.721. The Bertz CT molecular complexity index is 1840. The van der Waals surface area contributed by atoms with Crippen LogP contribution in [0.2, 0.25) is 0 Å². The molecule has 11 heteroatoms. The van der Waals surface area contributed by atoms with Gasteiger partial charge in [0.05, 0.1) is 30.2 Å². The van der Waals surface area contributed by atoms with Gasteiger partial charge in [0.25, 0.3) is 10.0 Å². The third-order valence-corrected chi connectivity index (χ3v) is 10.1. The third kappa shape index (κ3) is 3.83. The van der Waals surface area contributed by atoms with Crippen molar-refractivity contribution in [2.45, 2.75) is 17.4 Å². The van der Waals surface area contributed by atoms with Gasteiger partial charge in [0, 0.05) is 36.9 Å². The third-order valence-electron chi connectivity index (χ3n) is 8.38. The van der Waals surface area contributed by atoms with E-state index >= 15 is 0 Å². The van der Waals surface area contributed by atoms with Crippen molar-refractivity contribution in [1.29, 1.82) is 0 Å². The van der Waals surface area contributed by atoms with Crippen molar-refractivity contribution in [2.75, 3.05) is 19.7 Å². The molecule has 0 unspecified atom stereocenters. The van der Waals surface area contributed by atoms with Gasteiger partial charge in [-0.25, -0.2) is 17.5 Å². The summed E-state index contributed by atoms with van der Waals surface area (Å²) >= 11 is 0. The van der Waals surface area contributed by atoms with Crippen molar-refractivity contribution in [1.82, 2.24) is 29.1 Å². The van der Waals surface area contributed by atoms with Crippen LogP contribution in [0.5, 0.6) is 5.75 Å². The van der Waals surface area contributed by atoms with Crippen LogP contribution in [0, 0.1) is 24.6 Å². The topological polar surface area (TPSA) is 95.1 Å². The predicted octanol–water partition coefficient (Wildman–Crippen LogP) is 3.87. The van der Waals surface area contributed by atoms with Gasteiger partial charge in [-0.3, -0.25) is 0 Å². The lowest BCUT2D eigenvalue weighted by atomic mass is 9.88. The Labute approximate surface area is 230 Å². The fraction of sp³-hybridized carbons (Fsp3) is 0.276.